The van der Waals surface area contributed by atoms with Gasteiger partial charge in [-0.05, 0) is 35.4 Å². The second-order valence-corrected chi connectivity index (χ2v) is 5.08. The van der Waals surface area contributed by atoms with Gasteiger partial charge >= 0.3 is 0 Å². The SMILES string of the molecule is C.COc1ccc(C(C)(C)c2ccc(OC)cc2)cc1. The van der Waals surface area contributed by atoms with E-state index in [0.29, 0.717) is 0 Å². The summed E-state index contributed by atoms with van der Waals surface area (Å²) in [7, 11) is 3.37. The molecule has 2 aromatic carbocycles. The molecule has 2 heteroatoms. The maximum atomic E-state index is 5.20. The zero-order chi connectivity index (χ0) is 13.9. The molecule has 0 heterocycles. The van der Waals surface area contributed by atoms with Gasteiger partial charge in [0.2, 0.25) is 0 Å². The fraction of sp³-hybridized carbons (Fsp3) is 0.333. The molecule has 0 aliphatic carbocycles. The minimum absolute atomic E-state index is 0. The summed E-state index contributed by atoms with van der Waals surface area (Å²) in [6.07, 6.45) is 0. The van der Waals surface area contributed by atoms with Crippen molar-refractivity contribution in [3.8, 4) is 11.5 Å². The molecule has 108 valence electrons. The maximum Gasteiger partial charge on any atom is 0.118 e. The molecule has 0 atom stereocenters. The fourth-order valence-corrected chi connectivity index (χ4v) is 2.18. The number of rotatable bonds is 4. The molecule has 0 aromatic heterocycles. The number of benzene rings is 2. The molecular formula is C18H24O2. The predicted molar refractivity (Wildman–Crippen MR) is 84.8 cm³/mol. The largest absolute Gasteiger partial charge is 0.497 e. The first kappa shape index (κ1) is 16.1. The topological polar surface area (TPSA) is 18.5 Å². The van der Waals surface area contributed by atoms with Gasteiger partial charge < -0.3 is 9.47 Å². The van der Waals surface area contributed by atoms with Crippen LogP contribution >= 0.6 is 0 Å². The Morgan fingerprint density at radius 2 is 0.950 bits per heavy atom. The Morgan fingerprint density at radius 1 is 0.650 bits per heavy atom. The maximum absolute atomic E-state index is 5.20. The Kier molecular flexibility index (Phi) is 5.20. The first-order valence-electron chi connectivity index (χ1n) is 6.37. The zero-order valence-corrected chi connectivity index (χ0v) is 11.9. The lowest BCUT2D eigenvalue weighted by Gasteiger charge is -2.26. The van der Waals surface area contributed by atoms with Crippen LogP contribution in [0.3, 0.4) is 0 Å². The lowest BCUT2D eigenvalue weighted by molar-refractivity contribution is 0.414. The molecular weight excluding hydrogens is 248 g/mol. The highest BCUT2D eigenvalue weighted by atomic mass is 16.5. The van der Waals surface area contributed by atoms with Crippen LogP contribution in [0.2, 0.25) is 0 Å². The van der Waals surface area contributed by atoms with Gasteiger partial charge in [0, 0.05) is 5.41 Å². The summed E-state index contributed by atoms with van der Waals surface area (Å²) < 4.78 is 10.4. The average molecular weight is 272 g/mol. The van der Waals surface area contributed by atoms with E-state index in [2.05, 4.69) is 38.1 Å². The zero-order valence-electron chi connectivity index (χ0n) is 11.9. The van der Waals surface area contributed by atoms with Crippen molar-refractivity contribution in [1.82, 2.24) is 0 Å². The van der Waals surface area contributed by atoms with Crippen LogP contribution in [-0.4, -0.2) is 14.2 Å². The van der Waals surface area contributed by atoms with Crippen LogP contribution in [0.25, 0.3) is 0 Å². The monoisotopic (exact) mass is 272 g/mol. The van der Waals surface area contributed by atoms with Crippen LogP contribution < -0.4 is 9.47 Å². The Balaban J connectivity index is 0.00000200. The van der Waals surface area contributed by atoms with E-state index < -0.39 is 0 Å². The summed E-state index contributed by atoms with van der Waals surface area (Å²) in [6, 6.07) is 16.5. The third-order valence-corrected chi connectivity index (χ3v) is 3.62. The third kappa shape index (κ3) is 3.13. The quantitative estimate of drug-likeness (QED) is 0.805. The normalized spacial score (nSPS) is 10.6. The van der Waals surface area contributed by atoms with Crippen LogP contribution in [0.1, 0.15) is 32.4 Å². The summed E-state index contributed by atoms with van der Waals surface area (Å²) in [5.41, 5.74) is 2.48. The molecule has 0 saturated heterocycles. The predicted octanol–water partition coefficient (Wildman–Crippen LogP) is 4.67. The van der Waals surface area contributed by atoms with Crippen molar-refractivity contribution in [3.63, 3.8) is 0 Å². The van der Waals surface area contributed by atoms with Crippen LogP contribution in [0.4, 0.5) is 0 Å². The average Bonchev–Trinajstić information content (AvgIpc) is 2.47. The highest BCUT2D eigenvalue weighted by Crippen LogP contribution is 2.33. The smallest absolute Gasteiger partial charge is 0.118 e. The molecule has 2 rings (SSSR count). The number of hydrogen-bond donors (Lipinski definition) is 0. The first-order valence-corrected chi connectivity index (χ1v) is 6.37. The Bertz CT molecular complexity index is 475. The molecule has 0 bridgehead atoms. The highest BCUT2D eigenvalue weighted by Gasteiger charge is 2.22. The Labute approximate surface area is 122 Å². The molecule has 0 unspecified atom stereocenters. The van der Waals surface area contributed by atoms with Crippen molar-refractivity contribution in [3.05, 3.63) is 59.7 Å². The molecule has 0 saturated carbocycles. The summed E-state index contributed by atoms with van der Waals surface area (Å²) in [4.78, 5) is 0. The van der Waals surface area contributed by atoms with Crippen molar-refractivity contribution in [2.45, 2.75) is 26.7 Å². The van der Waals surface area contributed by atoms with Gasteiger partial charge in [0.15, 0.2) is 0 Å². The van der Waals surface area contributed by atoms with Crippen LogP contribution in [0.5, 0.6) is 11.5 Å². The van der Waals surface area contributed by atoms with Crippen LogP contribution in [0, 0.1) is 0 Å². The van der Waals surface area contributed by atoms with Gasteiger partial charge in [-0.1, -0.05) is 45.5 Å². The molecule has 2 aromatic rings. The number of ether oxygens (including phenoxy) is 2. The molecule has 0 radical (unpaired) electrons. The van der Waals surface area contributed by atoms with Gasteiger partial charge in [0.05, 0.1) is 14.2 Å². The molecule has 2 nitrogen and oxygen atoms in total. The second-order valence-electron chi connectivity index (χ2n) is 5.08. The summed E-state index contributed by atoms with van der Waals surface area (Å²) >= 11 is 0. The van der Waals surface area contributed by atoms with E-state index in [9.17, 15) is 0 Å². The van der Waals surface area contributed by atoms with Gasteiger partial charge in [-0.15, -0.1) is 0 Å². The van der Waals surface area contributed by atoms with Crippen molar-refractivity contribution < 1.29 is 9.47 Å². The van der Waals surface area contributed by atoms with E-state index in [1.807, 2.05) is 24.3 Å². The highest BCUT2D eigenvalue weighted by molar-refractivity contribution is 5.41. The minimum Gasteiger partial charge on any atom is -0.497 e. The van der Waals surface area contributed by atoms with Gasteiger partial charge in [0.25, 0.3) is 0 Å². The van der Waals surface area contributed by atoms with Crippen LogP contribution in [-0.2, 0) is 5.41 Å². The number of methoxy groups -OCH3 is 2. The molecule has 20 heavy (non-hydrogen) atoms. The number of hydrogen-bond acceptors (Lipinski definition) is 2. The van der Waals surface area contributed by atoms with Gasteiger partial charge in [-0.3, -0.25) is 0 Å². The molecule has 0 aliphatic heterocycles. The Morgan fingerprint density at radius 3 is 1.20 bits per heavy atom. The van der Waals surface area contributed by atoms with Crippen molar-refractivity contribution in [1.29, 1.82) is 0 Å². The van der Waals surface area contributed by atoms with E-state index in [4.69, 9.17) is 9.47 Å². The minimum atomic E-state index is -0.0431. The lowest BCUT2D eigenvalue weighted by atomic mass is 9.78. The van der Waals surface area contributed by atoms with Gasteiger partial charge in [-0.25, -0.2) is 0 Å². The molecule has 0 amide bonds. The second kappa shape index (κ2) is 6.47. The van der Waals surface area contributed by atoms with E-state index in [1.54, 1.807) is 14.2 Å². The summed E-state index contributed by atoms with van der Waals surface area (Å²) in [5.74, 6) is 1.77. The molecule has 0 fully saturated rings. The fourth-order valence-electron chi connectivity index (χ4n) is 2.18. The third-order valence-electron chi connectivity index (χ3n) is 3.62. The Hall–Kier alpha value is -1.96. The van der Waals surface area contributed by atoms with Gasteiger partial charge in [-0.2, -0.15) is 0 Å². The molecule has 0 spiro atoms. The first-order chi connectivity index (χ1) is 9.07. The van der Waals surface area contributed by atoms with E-state index in [0.717, 1.165) is 11.5 Å². The van der Waals surface area contributed by atoms with Crippen LogP contribution in [0.15, 0.2) is 48.5 Å². The summed E-state index contributed by atoms with van der Waals surface area (Å²) in [5, 5.41) is 0. The molecule has 0 aliphatic rings. The molecule has 0 N–H and O–H groups in total. The van der Waals surface area contributed by atoms with Crippen molar-refractivity contribution >= 4 is 0 Å². The van der Waals surface area contributed by atoms with Crippen molar-refractivity contribution in [2.24, 2.45) is 0 Å². The van der Waals surface area contributed by atoms with Crippen molar-refractivity contribution in [2.75, 3.05) is 14.2 Å². The van der Waals surface area contributed by atoms with E-state index in [1.165, 1.54) is 11.1 Å². The van der Waals surface area contributed by atoms with E-state index in [-0.39, 0.29) is 12.8 Å². The van der Waals surface area contributed by atoms with Gasteiger partial charge in [0.1, 0.15) is 11.5 Å². The summed E-state index contributed by atoms with van der Waals surface area (Å²) in [6.45, 7) is 4.44. The standard InChI is InChI=1S/C17H20O2.CH4/c1-17(2,13-5-9-15(18-3)10-6-13)14-7-11-16(19-4)12-8-14;/h5-12H,1-4H3;1H4. The van der Waals surface area contributed by atoms with E-state index >= 15 is 0 Å². The lowest BCUT2D eigenvalue weighted by Crippen LogP contribution is -2.18.